The van der Waals surface area contributed by atoms with Gasteiger partial charge in [0, 0.05) is 48.8 Å². The molecule has 2 aromatic carbocycles. The molecule has 2 aliphatic rings. The maximum Gasteiger partial charge on any atom is 0.234 e. The smallest absolute Gasteiger partial charge is 0.234 e. The van der Waals surface area contributed by atoms with E-state index in [1.165, 1.54) is 0 Å². The van der Waals surface area contributed by atoms with Gasteiger partial charge in [0.15, 0.2) is 0 Å². The number of rotatable bonds is 3. The van der Waals surface area contributed by atoms with E-state index in [1.54, 1.807) is 0 Å². The van der Waals surface area contributed by atoms with Crippen molar-refractivity contribution in [3.63, 3.8) is 0 Å². The summed E-state index contributed by atoms with van der Waals surface area (Å²) in [6.07, 6.45) is 1.60. The van der Waals surface area contributed by atoms with Crippen molar-refractivity contribution < 1.29 is 14.3 Å². The third-order valence-corrected chi connectivity index (χ3v) is 5.91. The molecule has 6 nitrogen and oxygen atoms in total. The first kappa shape index (κ1) is 19.5. The molecule has 3 heterocycles. The Morgan fingerprint density at radius 3 is 2.19 bits per heavy atom. The Bertz CT molecular complexity index is 1060. The lowest BCUT2D eigenvalue weighted by Gasteiger charge is -2.36. The molecule has 0 saturated carbocycles. The lowest BCUT2D eigenvalue weighted by Crippen LogP contribution is -2.44. The molecule has 0 bridgehead atoms. The number of fused-ring (bicyclic) bond motifs is 2. The second-order valence-corrected chi connectivity index (χ2v) is 8.15. The van der Waals surface area contributed by atoms with Crippen LogP contribution >= 0.6 is 0 Å². The number of para-hydroxylation sites is 2. The Morgan fingerprint density at radius 1 is 0.968 bits per heavy atom. The Hall–Kier alpha value is -3.41. The molecule has 1 fully saturated rings. The second kappa shape index (κ2) is 8.02. The summed E-state index contributed by atoms with van der Waals surface area (Å²) in [5.74, 6) is 2.61. The van der Waals surface area contributed by atoms with Gasteiger partial charge >= 0.3 is 0 Å². The van der Waals surface area contributed by atoms with Gasteiger partial charge in [-0.1, -0.05) is 36.4 Å². The van der Waals surface area contributed by atoms with Crippen LogP contribution in [0.2, 0.25) is 0 Å². The maximum atomic E-state index is 13.6. The quantitative estimate of drug-likeness (QED) is 0.634. The van der Waals surface area contributed by atoms with E-state index < -0.39 is 0 Å². The van der Waals surface area contributed by atoms with E-state index >= 15 is 0 Å². The van der Waals surface area contributed by atoms with Crippen LogP contribution in [0.4, 0.5) is 0 Å². The highest BCUT2D eigenvalue weighted by Gasteiger charge is 2.36. The number of piperidine rings is 1. The van der Waals surface area contributed by atoms with Crippen LogP contribution in [0.25, 0.3) is 0 Å². The van der Waals surface area contributed by atoms with Crippen molar-refractivity contribution in [1.82, 2.24) is 14.9 Å². The molecule has 6 heteroatoms. The molecule has 1 saturated heterocycles. The summed E-state index contributed by atoms with van der Waals surface area (Å²) >= 11 is 0. The highest BCUT2D eigenvalue weighted by molar-refractivity contribution is 5.89. The number of ether oxygens (including phenoxy) is 2. The van der Waals surface area contributed by atoms with Gasteiger partial charge in [0.05, 0.1) is 5.92 Å². The summed E-state index contributed by atoms with van der Waals surface area (Å²) < 4.78 is 12.1. The van der Waals surface area contributed by atoms with Crippen LogP contribution in [0.5, 0.6) is 17.4 Å². The molecule has 0 aliphatic carbocycles. The van der Waals surface area contributed by atoms with E-state index in [1.807, 2.05) is 73.3 Å². The molecule has 3 aromatic rings. The average Bonchev–Trinajstić information content (AvgIpc) is 2.77. The first-order chi connectivity index (χ1) is 15.1. The molecular weight excluding hydrogens is 390 g/mol. The number of amides is 1. The molecule has 0 atom stereocenters. The zero-order valence-corrected chi connectivity index (χ0v) is 17.7. The molecule has 5 rings (SSSR count). The van der Waals surface area contributed by atoms with Crippen LogP contribution in [0.15, 0.2) is 54.6 Å². The highest BCUT2D eigenvalue weighted by Crippen LogP contribution is 2.44. The fraction of sp³-hybridized carbons (Fsp3) is 0.320. The van der Waals surface area contributed by atoms with Crippen molar-refractivity contribution in [2.45, 2.75) is 38.7 Å². The van der Waals surface area contributed by atoms with Crippen LogP contribution in [0.1, 0.15) is 41.4 Å². The fourth-order valence-corrected chi connectivity index (χ4v) is 4.47. The first-order valence-electron chi connectivity index (χ1n) is 10.7. The van der Waals surface area contributed by atoms with Crippen molar-refractivity contribution in [1.29, 1.82) is 0 Å². The molecule has 1 aromatic heterocycles. The largest absolute Gasteiger partial charge is 0.474 e. The molecular formula is C25H25N3O3. The third-order valence-electron chi connectivity index (χ3n) is 5.91. The zero-order valence-electron chi connectivity index (χ0n) is 17.7. The lowest BCUT2D eigenvalue weighted by molar-refractivity contribution is -0.133. The summed E-state index contributed by atoms with van der Waals surface area (Å²) in [6, 6.07) is 17.5. The minimum absolute atomic E-state index is 0.0482. The SMILES string of the molecule is Cc1cc(OC2CCN(C(=O)C3c4ccccc4Oc4ccccc43)CC2)nc(C)n1. The number of aromatic nitrogens is 2. The zero-order chi connectivity index (χ0) is 21.4. The van der Waals surface area contributed by atoms with E-state index in [9.17, 15) is 4.79 Å². The van der Waals surface area contributed by atoms with Crippen molar-refractivity contribution in [2.75, 3.05) is 13.1 Å². The number of carbonyl (C=O) groups excluding carboxylic acids is 1. The van der Waals surface area contributed by atoms with E-state index in [0.29, 0.717) is 24.8 Å². The molecule has 2 aliphatic heterocycles. The normalized spacial score (nSPS) is 16.3. The Balaban J connectivity index is 1.32. The Kier molecular flexibility index (Phi) is 5.06. The minimum Gasteiger partial charge on any atom is -0.474 e. The van der Waals surface area contributed by atoms with E-state index in [4.69, 9.17) is 9.47 Å². The number of nitrogens with zero attached hydrogens (tertiary/aromatic N) is 3. The summed E-state index contributed by atoms with van der Waals surface area (Å²) in [5.41, 5.74) is 2.75. The van der Waals surface area contributed by atoms with Crippen molar-refractivity contribution in [3.8, 4) is 17.4 Å². The summed E-state index contributed by atoms with van der Waals surface area (Å²) in [7, 11) is 0. The van der Waals surface area contributed by atoms with Crippen LogP contribution in [0, 0.1) is 13.8 Å². The van der Waals surface area contributed by atoms with Gasteiger partial charge in [-0.05, 0) is 26.0 Å². The van der Waals surface area contributed by atoms with Gasteiger partial charge in [-0.15, -0.1) is 0 Å². The van der Waals surface area contributed by atoms with Crippen LogP contribution in [0.3, 0.4) is 0 Å². The van der Waals surface area contributed by atoms with Gasteiger partial charge in [-0.3, -0.25) is 4.79 Å². The van der Waals surface area contributed by atoms with E-state index in [0.717, 1.165) is 41.2 Å². The fourth-order valence-electron chi connectivity index (χ4n) is 4.47. The maximum absolute atomic E-state index is 13.6. The third kappa shape index (κ3) is 3.85. The standard InChI is InChI=1S/C25H25N3O3/c1-16-15-23(27-17(2)26-16)30-18-11-13-28(14-12-18)25(29)24-19-7-3-5-9-21(19)31-22-10-6-4-8-20(22)24/h3-10,15,18,24H,11-14H2,1-2H3. The van der Waals surface area contributed by atoms with Gasteiger partial charge in [-0.25, -0.2) is 4.98 Å². The van der Waals surface area contributed by atoms with Gasteiger partial charge in [-0.2, -0.15) is 4.98 Å². The Morgan fingerprint density at radius 2 is 1.58 bits per heavy atom. The summed E-state index contributed by atoms with van der Waals surface area (Å²) in [6.45, 7) is 5.12. The lowest BCUT2D eigenvalue weighted by atomic mass is 9.86. The molecule has 0 unspecified atom stereocenters. The molecule has 0 N–H and O–H groups in total. The van der Waals surface area contributed by atoms with E-state index in [-0.39, 0.29) is 17.9 Å². The molecule has 0 radical (unpaired) electrons. The van der Waals surface area contributed by atoms with Crippen LogP contribution < -0.4 is 9.47 Å². The highest BCUT2D eigenvalue weighted by atomic mass is 16.5. The summed E-state index contributed by atoms with van der Waals surface area (Å²) in [5, 5.41) is 0. The van der Waals surface area contributed by atoms with Crippen molar-refractivity contribution in [2.24, 2.45) is 0 Å². The Labute approximate surface area is 181 Å². The predicted octanol–water partition coefficient (Wildman–Crippen LogP) is 4.40. The molecule has 0 spiro atoms. The van der Waals surface area contributed by atoms with Gasteiger partial charge in [0.1, 0.15) is 23.4 Å². The number of hydrogen-bond acceptors (Lipinski definition) is 5. The molecule has 31 heavy (non-hydrogen) atoms. The monoisotopic (exact) mass is 415 g/mol. The predicted molar refractivity (Wildman–Crippen MR) is 117 cm³/mol. The molecule has 1 amide bonds. The first-order valence-corrected chi connectivity index (χ1v) is 10.7. The van der Waals surface area contributed by atoms with Crippen LogP contribution in [-0.4, -0.2) is 40.0 Å². The van der Waals surface area contributed by atoms with Gasteiger partial charge < -0.3 is 14.4 Å². The van der Waals surface area contributed by atoms with Gasteiger partial charge in [0.2, 0.25) is 11.8 Å². The van der Waals surface area contributed by atoms with Gasteiger partial charge in [0.25, 0.3) is 0 Å². The molecule has 158 valence electrons. The summed E-state index contributed by atoms with van der Waals surface area (Å²) in [4.78, 5) is 24.3. The minimum atomic E-state index is -0.342. The van der Waals surface area contributed by atoms with Crippen LogP contribution in [-0.2, 0) is 4.79 Å². The number of hydrogen-bond donors (Lipinski definition) is 0. The van der Waals surface area contributed by atoms with Crippen molar-refractivity contribution >= 4 is 5.91 Å². The topological polar surface area (TPSA) is 64.5 Å². The van der Waals surface area contributed by atoms with Crippen molar-refractivity contribution in [3.05, 3.63) is 77.2 Å². The second-order valence-electron chi connectivity index (χ2n) is 8.15. The number of aryl methyl sites for hydroxylation is 2. The average molecular weight is 415 g/mol. The number of likely N-dealkylation sites (tertiary alicyclic amines) is 1. The number of benzene rings is 2. The van der Waals surface area contributed by atoms with E-state index in [2.05, 4.69) is 9.97 Å². The number of carbonyl (C=O) groups is 1.